The first-order valence-electron chi connectivity index (χ1n) is 6.19. The van der Waals surface area contributed by atoms with Crippen LogP contribution in [0, 0.1) is 5.41 Å². The lowest BCUT2D eigenvalue weighted by Crippen LogP contribution is -2.29. The van der Waals surface area contributed by atoms with Crippen molar-refractivity contribution in [1.29, 1.82) is 0 Å². The monoisotopic (exact) mass is 298 g/mol. The Balaban J connectivity index is 1.91. The normalized spacial score (nSPS) is 24.4. The summed E-state index contributed by atoms with van der Waals surface area (Å²) in [5.41, 5.74) is 3.94. The number of carbonyl (C=O) groups excluding carboxylic acids is 1. The second-order valence-electron chi connectivity index (χ2n) is 5.01. The lowest BCUT2D eigenvalue weighted by atomic mass is 10.1. The van der Waals surface area contributed by atoms with Gasteiger partial charge in [0.05, 0.1) is 11.6 Å². The topological polar surface area (TPSA) is 41.5 Å². The molecule has 1 atom stereocenters. The van der Waals surface area contributed by atoms with E-state index < -0.39 is 9.75 Å². The van der Waals surface area contributed by atoms with Crippen molar-refractivity contribution in [3.63, 3.8) is 0 Å². The van der Waals surface area contributed by atoms with Gasteiger partial charge in [-0.1, -0.05) is 31.2 Å². The average molecular weight is 299 g/mol. The number of hydrogen-bond donors (Lipinski definition) is 1. The summed E-state index contributed by atoms with van der Waals surface area (Å²) in [5, 5.41) is 3.93. The summed E-state index contributed by atoms with van der Waals surface area (Å²) < 4.78 is -0.963. The van der Waals surface area contributed by atoms with Crippen molar-refractivity contribution in [2.75, 3.05) is 0 Å². The van der Waals surface area contributed by atoms with Gasteiger partial charge in [-0.25, -0.2) is 5.43 Å². The molecule has 0 aliphatic heterocycles. The molecule has 1 aromatic rings. The van der Waals surface area contributed by atoms with Crippen molar-refractivity contribution in [2.45, 2.75) is 31.0 Å². The van der Waals surface area contributed by atoms with Crippen molar-refractivity contribution < 1.29 is 4.79 Å². The molecule has 0 saturated heterocycles. The molecular weight excluding hydrogens is 283 g/mol. The Morgan fingerprint density at radius 3 is 2.47 bits per heavy atom. The van der Waals surface area contributed by atoms with E-state index in [1.54, 1.807) is 13.1 Å². The summed E-state index contributed by atoms with van der Waals surface area (Å²) in [6.07, 6.45) is 3.06. The van der Waals surface area contributed by atoms with Crippen LogP contribution in [0.3, 0.4) is 0 Å². The van der Waals surface area contributed by atoms with Gasteiger partial charge in [0.15, 0.2) is 0 Å². The molecule has 1 aromatic carbocycles. The molecule has 0 spiro atoms. The largest absolute Gasteiger partial charge is 0.272 e. The fourth-order valence-electron chi connectivity index (χ4n) is 1.77. The minimum absolute atomic E-state index is 0.251. The molecule has 1 aliphatic rings. The third kappa shape index (κ3) is 2.93. The van der Waals surface area contributed by atoms with Crippen LogP contribution < -0.4 is 5.43 Å². The van der Waals surface area contributed by atoms with Crippen LogP contribution in [0.4, 0.5) is 0 Å². The Hall–Kier alpha value is -1.06. The van der Waals surface area contributed by atoms with Gasteiger partial charge in [0.1, 0.15) is 4.33 Å². The van der Waals surface area contributed by atoms with Gasteiger partial charge in [0, 0.05) is 0 Å². The highest BCUT2D eigenvalue weighted by molar-refractivity contribution is 6.53. The highest BCUT2D eigenvalue weighted by Crippen LogP contribution is 2.63. The Morgan fingerprint density at radius 1 is 1.42 bits per heavy atom. The molecule has 0 aromatic heterocycles. The van der Waals surface area contributed by atoms with E-state index in [2.05, 4.69) is 17.5 Å². The molecule has 19 heavy (non-hydrogen) atoms. The number of halogens is 2. The fourth-order valence-corrected chi connectivity index (χ4v) is 2.48. The molecule has 0 bridgehead atoms. The number of carbonyl (C=O) groups is 1. The summed E-state index contributed by atoms with van der Waals surface area (Å²) in [4.78, 5) is 11.8. The van der Waals surface area contributed by atoms with Gasteiger partial charge in [-0.05, 0) is 30.9 Å². The molecule has 1 saturated carbocycles. The van der Waals surface area contributed by atoms with E-state index in [4.69, 9.17) is 23.2 Å². The zero-order valence-corrected chi connectivity index (χ0v) is 12.4. The molecule has 5 heteroatoms. The average Bonchev–Trinajstić information content (AvgIpc) is 2.91. The minimum Gasteiger partial charge on any atom is -0.272 e. The number of nitrogens with zero attached hydrogens (tertiary/aromatic N) is 1. The molecule has 1 amide bonds. The SMILES string of the molecule is CCc1ccc(/C=N/NC(=O)C2(C)CC2(Cl)Cl)cc1. The van der Waals surface area contributed by atoms with Crippen LogP contribution in [0.15, 0.2) is 29.4 Å². The summed E-state index contributed by atoms with van der Waals surface area (Å²) >= 11 is 11.9. The second kappa shape index (κ2) is 5.14. The molecule has 1 fully saturated rings. The van der Waals surface area contributed by atoms with E-state index in [0.717, 1.165) is 12.0 Å². The first-order chi connectivity index (χ1) is 8.89. The second-order valence-corrected chi connectivity index (χ2v) is 6.49. The Bertz CT molecular complexity index is 511. The standard InChI is InChI=1S/C14H16Cl2N2O/c1-3-10-4-6-11(7-5-10)8-17-18-12(19)13(2)9-14(13,15)16/h4-8H,3,9H2,1-2H3,(H,18,19)/b17-8+. The Kier molecular flexibility index (Phi) is 3.88. The Labute approximate surface area is 123 Å². The molecule has 1 unspecified atom stereocenters. The number of alkyl halides is 2. The van der Waals surface area contributed by atoms with Crippen LogP contribution in [-0.2, 0) is 11.2 Å². The maximum Gasteiger partial charge on any atom is 0.249 e. The lowest BCUT2D eigenvalue weighted by molar-refractivity contribution is -0.125. The molecular formula is C14H16Cl2N2O. The van der Waals surface area contributed by atoms with Crippen LogP contribution in [-0.4, -0.2) is 16.5 Å². The van der Waals surface area contributed by atoms with Crippen molar-refractivity contribution in [1.82, 2.24) is 5.43 Å². The zero-order valence-electron chi connectivity index (χ0n) is 10.9. The van der Waals surface area contributed by atoms with Gasteiger partial charge in [-0.3, -0.25) is 4.79 Å². The van der Waals surface area contributed by atoms with Gasteiger partial charge in [0.2, 0.25) is 5.91 Å². The molecule has 0 radical (unpaired) electrons. The van der Waals surface area contributed by atoms with E-state index in [9.17, 15) is 4.79 Å². The van der Waals surface area contributed by atoms with Crippen LogP contribution in [0.2, 0.25) is 0 Å². The molecule has 102 valence electrons. The number of aryl methyl sites for hydroxylation is 1. The first kappa shape index (κ1) is 14.4. The van der Waals surface area contributed by atoms with Crippen molar-refractivity contribution >= 4 is 35.3 Å². The number of amides is 1. The quantitative estimate of drug-likeness (QED) is 0.517. The van der Waals surface area contributed by atoms with Crippen molar-refractivity contribution in [2.24, 2.45) is 10.5 Å². The maximum atomic E-state index is 11.8. The number of hydrogen-bond acceptors (Lipinski definition) is 2. The molecule has 1 aliphatic carbocycles. The first-order valence-corrected chi connectivity index (χ1v) is 6.95. The van der Waals surface area contributed by atoms with Crippen LogP contribution in [0.1, 0.15) is 31.4 Å². The van der Waals surface area contributed by atoms with Gasteiger partial charge >= 0.3 is 0 Å². The van der Waals surface area contributed by atoms with Gasteiger partial charge in [-0.15, -0.1) is 23.2 Å². The van der Waals surface area contributed by atoms with Crippen LogP contribution in [0.5, 0.6) is 0 Å². The minimum atomic E-state index is -0.963. The lowest BCUT2D eigenvalue weighted by Gasteiger charge is -2.08. The fraction of sp³-hybridized carbons (Fsp3) is 0.429. The van der Waals surface area contributed by atoms with E-state index in [0.29, 0.717) is 6.42 Å². The smallest absolute Gasteiger partial charge is 0.249 e. The van der Waals surface area contributed by atoms with E-state index in [1.807, 2.05) is 24.3 Å². The van der Waals surface area contributed by atoms with E-state index in [1.165, 1.54) is 5.56 Å². The molecule has 3 nitrogen and oxygen atoms in total. The summed E-state index contributed by atoms with van der Waals surface area (Å²) in [6.45, 7) is 3.83. The van der Waals surface area contributed by atoms with Crippen LogP contribution in [0.25, 0.3) is 0 Å². The van der Waals surface area contributed by atoms with Crippen molar-refractivity contribution in [3.05, 3.63) is 35.4 Å². The number of benzene rings is 1. The molecule has 2 rings (SSSR count). The molecule has 1 N–H and O–H groups in total. The highest BCUT2D eigenvalue weighted by atomic mass is 35.5. The number of rotatable bonds is 4. The number of nitrogens with one attached hydrogen (secondary N) is 1. The van der Waals surface area contributed by atoms with Crippen molar-refractivity contribution in [3.8, 4) is 0 Å². The highest BCUT2D eigenvalue weighted by Gasteiger charge is 2.68. The predicted molar refractivity (Wildman–Crippen MR) is 78.7 cm³/mol. The van der Waals surface area contributed by atoms with Gasteiger partial charge in [-0.2, -0.15) is 5.10 Å². The van der Waals surface area contributed by atoms with E-state index >= 15 is 0 Å². The predicted octanol–water partition coefficient (Wildman–Crippen LogP) is 3.28. The third-order valence-electron chi connectivity index (χ3n) is 3.53. The van der Waals surface area contributed by atoms with Gasteiger partial charge < -0.3 is 0 Å². The maximum absolute atomic E-state index is 11.8. The summed E-state index contributed by atoms with van der Waals surface area (Å²) in [6, 6.07) is 7.99. The summed E-state index contributed by atoms with van der Waals surface area (Å²) in [5.74, 6) is -0.251. The number of hydrazone groups is 1. The van der Waals surface area contributed by atoms with Crippen LogP contribution >= 0.6 is 23.2 Å². The summed E-state index contributed by atoms with van der Waals surface area (Å²) in [7, 11) is 0. The molecule has 0 heterocycles. The zero-order chi connectivity index (χ0) is 14.1. The van der Waals surface area contributed by atoms with Gasteiger partial charge in [0.25, 0.3) is 0 Å². The third-order valence-corrected chi connectivity index (χ3v) is 4.63. The van der Waals surface area contributed by atoms with E-state index in [-0.39, 0.29) is 5.91 Å². The Morgan fingerprint density at radius 2 is 2.00 bits per heavy atom.